The molecule has 3 saturated carbocycles. The maximum Gasteiger partial charge on any atom is 0.331 e. The van der Waals surface area contributed by atoms with Crippen molar-refractivity contribution in [3.8, 4) is 0 Å². The monoisotopic (exact) mass is 514 g/mol. The molecule has 1 N–H and O–H groups in total. The number of aliphatic hydroxyl groups excluding tert-OH is 1. The number of hydrogen-bond donors (Lipinski definition) is 1. The highest BCUT2D eigenvalue weighted by Gasteiger charge is 2.60. The third-order valence-corrected chi connectivity index (χ3v) is 12.1. The van der Waals surface area contributed by atoms with E-state index in [9.17, 15) is 9.90 Å². The van der Waals surface area contributed by atoms with Gasteiger partial charge in [0.1, 0.15) is 12.7 Å². The average molecular weight is 515 g/mol. The zero-order valence-corrected chi connectivity index (χ0v) is 23.4. The van der Waals surface area contributed by atoms with Gasteiger partial charge in [0.15, 0.2) is 6.29 Å². The first-order valence-corrected chi connectivity index (χ1v) is 14.7. The van der Waals surface area contributed by atoms with E-state index in [1.807, 2.05) is 6.92 Å². The van der Waals surface area contributed by atoms with Gasteiger partial charge in [-0.15, -0.1) is 0 Å². The van der Waals surface area contributed by atoms with Crippen LogP contribution in [0, 0.1) is 28.1 Å². The van der Waals surface area contributed by atoms with Crippen molar-refractivity contribution in [3.63, 3.8) is 0 Å². The van der Waals surface area contributed by atoms with Gasteiger partial charge in [0.25, 0.3) is 0 Å². The number of hydrogen-bond acceptors (Lipinski definition) is 6. The lowest BCUT2D eigenvalue weighted by molar-refractivity contribution is -0.273. The molecule has 2 heterocycles. The summed E-state index contributed by atoms with van der Waals surface area (Å²) in [7, 11) is 1.66. The highest BCUT2D eigenvalue weighted by molar-refractivity contribution is 5.85. The van der Waals surface area contributed by atoms with Crippen molar-refractivity contribution < 1.29 is 28.8 Å². The molecule has 0 aromatic rings. The molecule has 0 amide bonds. The molecule has 0 bridgehead atoms. The van der Waals surface area contributed by atoms with Crippen molar-refractivity contribution in [1.29, 1.82) is 0 Å². The molecule has 0 aromatic carbocycles. The van der Waals surface area contributed by atoms with Gasteiger partial charge in [0.2, 0.25) is 0 Å². The van der Waals surface area contributed by atoms with E-state index in [2.05, 4.69) is 20.8 Å². The lowest BCUT2D eigenvalue weighted by Gasteiger charge is -2.62. The van der Waals surface area contributed by atoms with Crippen LogP contribution in [0.1, 0.15) is 91.9 Å². The van der Waals surface area contributed by atoms with E-state index >= 15 is 0 Å². The van der Waals surface area contributed by atoms with Crippen LogP contribution in [0.3, 0.4) is 0 Å². The Morgan fingerprint density at radius 2 is 1.86 bits per heavy atom. The first-order chi connectivity index (χ1) is 17.6. The lowest BCUT2D eigenvalue weighted by Crippen LogP contribution is -2.55. The Bertz CT molecular complexity index is 1000. The molecule has 6 rings (SSSR count). The van der Waals surface area contributed by atoms with Gasteiger partial charge in [-0.2, -0.15) is 0 Å². The number of cyclic esters (lactones) is 1. The summed E-state index contributed by atoms with van der Waals surface area (Å²) in [6.45, 7) is 9.97. The minimum absolute atomic E-state index is 0.157. The first-order valence-electron chi connectivity index (χ1n) is 14.7. The van der Waals surface area contributed by atoms with Crippen LogP contribution in [0.5, 0.6) is 0 Å². The minimum Gasteiger partial charge on any atom is -0.458 e. The van der Waals surface area contributed by atoms with E-state index in [-0.39, 0.29) is 46.8 Å². The van der Waals surface area contributed by atoms with Crippen molar-refractivity contribution in [3.05, 3.63) is 22.8 Å². The third-order valence-electron chi connectivity index (χ3n) is 12.1. The number of carbonyl (C=O) groups is 1. The second-order valence-corrected chi connectivity index (χ2v) is 13.7. The number of rotatable bonds is 4. The van der Waals surface area contributed by atoms with Crippen LogP contribution in [-0.2, 0) is 23.7 Å². The second kappa shape index (κ2) is 9.18. The Balaban J connectivity index is 1.19. The van der Waals surface area contributed by atoms with Gasteiger partial charge in [0.05, 0.1) is 18.3 Å². The topological polar surface area (TPSA) is 74.2 Å². The van der Waals surface area contributed by atoms with Crippen molar-refractivity contribution in [2.75, 3.05) is 13.7 Å². The Hall–Kier alpha value is -1.21. The van der Waals surface area contributed by atoms with E-state index in [1.165, 1.54) is 44.1 Å². The van der Waals surface area contributed by atoms with Gasteiger partial charge >= 0.3 is 5.97 Å². The molecule has 37 heavy (non-hydrogen) atoms. The molecule has 0 radical (unpaired) electrons. The van der Waals surface area contributed by atoms with Gasteiger partial charge in [-0.05, 0) is 98.4 Å². The fraction of sp³-hybridized carbons (Fsp3) is 0.839. The Morgan fingerprint density at radius 3 is 2.59 bits per heavy atom. The quantitative estimate of drug-likeness (QED) is 0.304. The van der Waals surface area contributed by atoms with Gasteiger partial charge in [-0.3, -0.25) is 0 Å². The number of methoxy groups -OCH3 is 1. The molecule has 1 saturated heterocycles. The average Bonchev–Trinajstić information content (AvgIpc) is 3.44. The lowest BCUT2D eigenvalue weighted by atomic mass is 9.43. The van der Waals surface area contributed by atoms with Crippen molar-refractivity contribution in [2.45, 2.75) is 123 Å². The molecule has 6 heteroatoms. The van der Waals surface area contributed by atoms with Gasteiger partial charge < -0.3 is 24.1 Å². The molecular weight excluding hydrogens is 468 g/mol. The first kappa shape index (κ1) is 26.0. The molecule has 206 valence electrons. The molecule has 6 nitrogen and oxygen atoms in total. The van der Waals surface area contributed by atoms with Gasteiger partial charge in [0, 0.05) is 19.6 Å². The van der Waals surface area contributed by atoms with E-state index in [4.69, 9.17) is 18.9 Å². The highest BCUT2D eigenvalue weighted by atomic mass is 16.7. The molecule has 0 unspecified atom stereocenters. The van der Waals surface area contributed by atoms with Gasteiger partial charge in [-0.1, -0.05) is 31.9 Å². The predicted molar refractivity (Wildman–Crippen MR) is 140 cm³/mol. The number of allylic oxidation sites excluding steroid dienone is 2. The molecule has 6 aliphatic rings. The van der Waals surface area contributed by atoms with Crippen molar-refractivity contribution in [2.24, 2.45) is 28.1 Å². The summed E-state index contributed by atoms with van der Waals surface area (Å²) in [6, 6.07) is 0. The van der Waals surface area contributed by atoms with E-state index in [1.54, 1.807) is 24.3 Å². The molecular formula is C31H46O6. The van der Waals surface area contributed by atoms with E-state index in [0.717, 1.165) is 19.3 Å². The maximum absolute atomic E-state index is 11.8. The van der Waals surface area contributed by atoms with Crippen LogP contribution in [-0.4, -0.2) is 55.5 Å². The van der Waals surface area contributed by atoms with Crippen molar-refractivity contribution in [1.82, 2.24) is 0 Å². The molecule has 4 fully saturated rings. The van der Waals surface area contributed by atoms with Gasteiger partial charge in [-0.25, -0.2) is 4.79 Å². The van der Waals surface area contributed by atoms with Crippen molar-refractivity contribution >= 4 is 5.97 Å². The van der Waals surface area contributed by atoms with Crippen LogP contribution in [0.4, 0.5) is 0 Å². The molecule has 10 atom stereocenters. The fourth-order valence-electron chi connectivity index (χ4n) is 9.65. The fourth-order valence-corrected chi connectivity index (χ4v) is 9.65. The smallest absolute Gasteiger partial charge is 0.331 e. The highest BCUT2D eigenvalue weighted by Crippen LogP contribution is 2.69. The summed E-state index contributed by atoms with van der Waals surface area (Å²) in [6.07, 6.45) is 11.6. The zero-order valence-electron chi connectivity index (χ0n) is 23.4. The molecule has 0 spiro atoms. The Kier molecular flexibility index (Phi) is 6.46. The van der Waals surface area contributed by atoms with E-state index < -0.39 is 6.10 Å². The zero-order chi connectivity index (χ0) is 26.2. The predicted octanol–water partition coefficient (Wildman–Crippen LogP) is 5.48. The van der Waals surface area contributed by atoms with Crippen LogP contribution in [0.25, 0.3) is 0 Å². The number of carbonyl (C=O) groups excluding carboxylic acids is 1. The largest absolute Gasteiger partial charge is 0.458 e. The normalized spacial score (nSPS) is 49.7. The summed E-state index contributed by atoms with van der Waals surface area (Å²) in [5, 5.41) is 10.3. The number of esters is 1. The third kappa shape index (κ3) is 3.99. The Morgan fingerprint density at radius 1 is 1.05 bits per heavy atom. The molecule has 4 aliphatic carbocycles. The summed E-state index contributed by atoms with van der Waals surface area (Å²) >= 11 is 0. The maximum atomic E-state index is 11.8. The summed E-state index contributed by atoms with van der Waals surface area (Å²) in [4.78, 5) is 11.8. The SMILES string of the molecule is CO[C@@H]1C[C@H](O[C@@H]2CC[C@]3(C)[C@@H]4CC[C@]5(C)C(=C4CC[C@]3(C)C2)CC[C@@H]5C2=CC(=O)OC2)O[C@H](C)[C@H]1O. The summed E-state index contributed by atoms with van der Waals surface area (Å²) in [5.41, 5.74) is 5.43. The summed E-state index contributed by atoms with van der Waals surface area (Å²) in [5.74, 6) is 0.957. The summed E-state index contributed by atoms with van der Waals surface area (Å²) < 4.78 is 23.4. The molecule has 0 aromatic heterocycles. The van der Waals surface area contributed by atoms with Crippen LogP contribution >= 0.6 is 0 Å². The minimum atomic E-state index is -0.605. The van der Waals surface area contributed by atoms with Crippen LogP contribution in [0.2, 0.25) is 0 Å². The Labute approximate surface area is 222 Å². The number of fused-ring (bicyclic) bond motifs is 4. The number of aliphatic hydroxyl groups is 1. The van der Waals surface area contributed by atoms with Crippen LogP contribution in [0.15, 0.2) is 22.8 Å². The van der Waals surface area contributed by atoms with Crippen LogP contribution < -0.4 is 0 Å². The second-order valence-electron chi connectivity index (χ2n) is 13.7. The number of ether oxygens (including phenoxy) is 4. The standard InChI is InChI=1S/C31H46O6/c1-18-28(33)25(34-5)15-27(36-18)37-20-8-13-31(4)24-10-12-30(3)22(19-14-26(32)35-17-19)6-7-23(30)21(24)9-11-29(31,2)16-20/h14,18,20,22,24-25,27-28,33H,6-13,15-17H2,1-5H3/t18-,20-,22-,24-,25-,27+,28-,29-,30+,31-/m1/s1. The van der Waals surface area contributed by atoms with E-state index in [0.29, 0.717) is 24.9 Å². The molecule has 2 aliphatic heterocycles.